The van der Waals surface area contributed by atoms with E-state index in [0.717, 1.165) is 17.9 Å². The second-order valence-corrected chi connectivity index (χ2v) is 4.45. The van der Waals surface area contributed by atoms with Crippen molar-refractivity contribution in [2.24, 2.45) is 5.41 Å². The van der Waals surface area contributed by atoms with Crippen molar-refractivity contribution in [3.05, 3.63) is 24.3 Å². The molecule has 0 saturated heterocycles. The van der Waals surface area contributed by atoms with Crippen molar-refractivity contribution in [3.63, 3.8) is 0 Å². The number of hydrogen-bond donors (Lipinski definition) is 0. The van der Waals surface area contributed by atoms with Crippen LogP contribution in [0.25, 0.3) is 0 Å². The zero-order valence-electron chi connectivity index (χ0n) is 9.66. The molecule has 1 saturated carbocycles. The summed E-state index contributed by atoms with van der Waals surface area (Å²) in [6.07, 6.45) is 1.63. The Hall–Kier alpha value is -1.51. The molecule has 1 aromatic carbocycles. The summed E-state index contributed by atoms with van der Waals surface area (Å²) in [6, 6.07) is 7.40. The molecule has 3 heteroatoms. The van der Waals surface area contributed by atoms with Crippen LogP contribution < -0.4 is 9.47 Å². The Balaban J connectivity index is 1.92. The molecule has 1 aromatic rings. The monoisotopic (exact) mass is 220 g/mol. The van der Waals surface area contributed by atoms with Crippen LogP contribution in [0.2, 0.25) is 0 Å². The second-order valence-electron chi connectivity index (χ2n) is 4.45. The van der Waals surface area contributed by atoms with Gasteiger partial charge in [0.05, 0.1) is 12.5 Å². The maximum absolute atomic E-state index is 11.4. The quantitative estimate of drug-likeness (QED) is 0.781. The third kappa shape index (κ3) is 2.03. The molecule has 0 spiro atoms. The first-order valence-electron chi connectivity index (χ1n) is 5.44. The fourth-order valence-electron chi connectivity index (χ4n) is 1.72. The Labute approximate surface area is 95.4 Å². The van der Waals surface area contributed by atoms with Crippen molar-refractivity contribution in [2.75, 3.05) is 13.7 Å². The molecule has 3 nitrogen and oxygen atoms in total. The summed E-state index contributed by atoms with van der Waals surface area (Å²) in [5, 5.41) is 0. The van der Waals surface area contributed by atoms with E-state index in [1.165, 1.54) is 0 Å². The van der Waals surface area contributed by atoms with Gasteiger partial charge in [0.1, 0.15) is 23.9 Å². The van der Waals surface area contributed by atoms with Crippen LogP contribution in [0.1, 0.15) is 19.8 Å². The van der Waals surface area contributed by atoms with Crippen molar-refractivity contribution in [2.45, 2.75) is 19.8 Å². The topological polar surface area (TPSA) is 35.5 Å². The first-order valence-corrected chi connectivity index (χ1v) is 5.44. The number of methoxy groups -OCH3 is 1. The van der Waals surface area contributed by atoms with Crippen LogP contribution in [0.5, 0.6) is 11.5 Å². The van der Waals surface area contributed by atoms with E-state index in [1.54, 1.807) is 7.11 Å². The van der Waals surface area contributed by atoms with E-state index < -0.39 is 0 Å². The van der Waals surface area contributed by atoms with Crippen LogP contribution in [-0.2, 0) is 4.79 Å². The maximum atomic E-state index is 11.4. The van der Waals surface area contributed by atoms with E-state index in [2.05, 4.69) is 0 Å². The van der Waals surface area contributed by atoms with Crippen LogP contribution in [0.3, 0.4) is 0 Å². The molecule has 0 amide bonds. The van der Waals surface area contributed by atoms with Crippen LogP contribution in [0.15, 0.2) is 24.3 Å². The Bertz CT molecular complexity index is 383. The van der Waals surface area contributed by atoms with Gasteiger partial charge >= 0.3 is 0 Å². The van der Waals surface area contributed by atoms with Crippen molar-refractivity contribution in [3.8, 4) is 11.5 Å². The van der Waals surface area contributed by atoms with Crippen LogP contribution in [0.4, 0.5) is 0 Å². The Kier molecular flexibility index (Phi) is 2.86. The lowest BCUT2D eigenvalue weighted by molar-refractivity contribution is -0.139. The summed E-state index contributed by atoms with van der Waals surface area (Å²) >= 11 is 0. The average Bonchev–Trinajstić information content (AvgIpc) is 2.34. The maximum Gasteiger partial charge on any atom is 0.142 e. The fourth-order valence-corrected chi connectivity index (χ4v) is 1.72. The number of rotatable bonds is 4. The van der Waals surface area contributed by atoms with E-state index in [0.29, 0.717) is 18.8 Å². The molecular weight excluding hydrogens is 204 g/mol. The van der Waals surface area contributed by atoms with Crippen molar-refractivity contribution in [1.82, 2.24) is 0 Å². The van der Waals surface area contributed by atoms with E-state index in [9.17, 15) is 4.79 Å². The normalized spacial score (nSPS) is 23.8. The Morgan fingerprint density at radius 3 is 2.31 bits per heavy atom. The van der Waals surface area contributed by atoms with Crippen molar-refractivity contribution in [1.29, 1.82) is 0 Å². The number of ketones is 1. The number of carbonyl (C=O) groups is 1. The highest BCUT2D eigenvalue weighted by Crippen LogP contribution is 2.37. The third-order valence-electron chi connectivity index (χ3n) is 3.19. The van der Waals surface area contributed by atoms with Gasteiger partial charge < -0.3 is 9.47 Å². The van der Waals surface area contributed by atoms with Gasteiger partial charge in [0.2, 0.25) is 0 Å². The van der Waals surface area contributed by atoms with Crippen LogP contribution in [-0.4, -0.2) is 19.5 Å². The van der Waals surface area contributed by atoms with Gasteiger partial charge in [-0.2, -0.15) is 0 Å². The molecule has 0 aromatic heterocycles. The summed E-state index contributed by atoms with van der Waals surface area (Å²) in [6.45, 7) is 2.43. The summed E-state index contributed by atoms with van der Waals surface area (Å²) in [5.74, 6) is 1.89. The summed E-state index contributed by atoms with van der Waals surface area (Å²) in [4.78, 5) is 11.4. The standard InChI is InChI=1S/C13H16O3/c1-13(8-7-12(13)14)9-16-11-5-3-10(15-2)4-6-11/h3-6H,7-9H2,1-2H3. The minimum absolute atomic E-state index is 0.264. The zero-order chi connectivity index (χ0) is 11.6. The second kappa shape index (κ2) is 4.16. The molecule has 0 heterocycles. The molecule has 1 fully saturated rings. The zero-order valence-corrected chi connectivity index (χ0v) is 9.66. The SMILES string of the molecule is COc1ccc(OCC2(C)CCC2=O)cc1. The molecule has 1 atom stereocenters. The van der Waals surface area contributed by atoms with Crippen molar-refractivity contribution >= 4 is 5.78 Å². The summed E-state index contributed by atoms with van der Waals surface area (Å²) in [5.41, 5.74) is -0.264. The van der Waals surface area contributed by atoms with Gasteiger partial charge in [-0.25, -0.2) is 0 Å². The van der Waals surface area contributed by atoms with Gasteiger partial charge in [-0.1, -0.05) is 0 Å². The highest BCUT2D eigenvalue weighted by Gasteiger charge is 2.42. The average molecular weight is 220 g/mol. The lowest BCUT2D eigenvalue weighted by Crippen LogP contribution is -2.42. The molecule has 0 N–H and O–H groups in total. The lowest BCUT2D eigenvalue weighted by atomic mass is 9.70. The van der Waals surface area contributed by atoms with Gasteiger partial charge in [0.25, 0.3) is 0 Å². The highest BCUT2D eigenvalue weighted by molar-refractivity contribution is 5.90. The molecule has 0 radical (unpaired) electrons. The van der Waals surface area contributed by atoms with Gasteiger partial charge in [-0.3, -0.25) is 4.79 Å². The lowest BCUT2D eigenvalue weighted by Gasteiger charge is -2.35. The molecular formula is C13H16O3. The molecule has 1 aliphatic carbocycles. The summed E-state index contributed by atoms with van der Waals surface area (Å²) < 4.78 is 10.7. The molecule has 0 bridgehead atoms. The van der Waals surface area contributed by atoms with E-state index in [4.69, 9.17) is 9.47 Å². The predicted molar refractivity (Wildman–Crippen MR) is 60.8 cm³/mol. The van der Waals surface area contributed by atoms with E-state index in [-0.39, 0.29) is 5.41 Å². The van der Waals surface area contributed by atoms with Gasteiger partial charge in [0.15, 0.2) is 0 Å². The molecule has 1 unspecified atom stereocenters. The first-order chi connectivity index (χ1) is 7.64. The van der Waals surface area contributed by atoms with Crippen LogP contribution in [0, 0.1) is 5.41 Å². The number of carbonyl (C=O) groups excluding carboxylic acids is 1. The van der Waals surface area contributed by atoms with E-state index >= 15 is 0 Å². The number of benzene rings is 1. The third-order valence-corrected chi connectivity index (χ3v) is 3.19. The number of hydrogen-bond acceptors (Lipinski definition) is 3. The molecule has 1 aliphatic rings. The highest BCUT2D eigenvalue weighted by atomic mass is 16.5. The van der Waals surface area contributed by atoms with Gasteiger partial charge in [-0.05, 0) is 37.6 Å². The summed E-state index contributed by atoms with van der Waals surface area (Å²) in [7, 11) is 1.63. The van der Waals surface area contributed by atoms with E-state index in [1.807, 2.05) is 31.2 Å². The van der Waals surface area contributed by atoms with Crippen molar-refractivity contribution < 1.29 is 14.3 Å². The smallest absolute Gasteiger partial charge is 0.142 e. The Morgan fingerprint density at radius 2 is 1.88 bits per heavy atom. The molecule has 86 valence electrons. The fraction of sp³-hybridized carbons (Fsp3) is 0.462. The number of Topliss-reactive ketones (excluding diaryl/α,β-unsaturated/α-hetero) is 1. The minimum Gasteiger partial charge on any atom is -0.497 e. The van der Waals surface area contributed by atoms with Crippen LogP contribution >= 0.6 is 0 Å². The molecule has 16 heavy (non-hydrogen) atoms. The molecule has 2 rings (SSSR count). The predicted octanol–water partition coefficient (Wildman–Crippen LogP) is 2.44. The first kappa shape index (κ1) is 11.0. The van der Waals surface area contributed by atoms with Gasteiger partial charge in [0, 0.05) is 6.42 Å². The number of ether oxygens (including phenoxy) is 2. The largest absolute Gasteiger partial charge is 0.497 e. The van der Waals surface area contributed by atoms with Gasteiger partial charge in [-0.15, -0.1) is 0 Å². The Morgan fingerprint density at radius 1 is 1.25 bits per heavy atom. The molecule has 0 aliphatic heterocycles. The minimum atomic E-state index is -0.264.